The molecule has 0 aliphatic carbocycles. The molecule has 1 unspecified atom stereocenters. The molecule has 7 nitrogen and oxygen atoms in total. The van der Waals surface area contributed by atoms with Crippen LogP contribution >= 0.6 is 0 Å². The van der Waals surface area contributed by atoms with E-state index in [1.54, 1.807) is 25.9 Å². The van der Waals surface area contributed by atoms with Gasteiger partial charge in [-0.2, -0.15) is 8.42 Å². The predicted octanol–water partition coefficient (Wildman–Crippen LogP) is 0.273. The maximum absolute atomic E-state index is 10.4. The number of aliphatic carboxylic acids is 1. The van der Waals surface area contributed by atoms with Crippen molar-refractivity contribution in [1.82, 2.24) is 4.90 Å². The predicted molar refractivity (Wildman–Crippen MR) is 78.5 cm³/mol. The molecule has 0 aromatic carbocycles. The fourth-order valence-corrected chi connectivity index (χ4v) is 1.73. The third-order valence-electron chi connectivity index (χ3n) is 2.73. The first-order valence-corrected chi connectivity index (χ1v) is 8.03. The summed E-state index contributed by atoms with van der Waals surface area (Å²) in [6.45, 7) is 2.24. The second-order valence-corrected chi connectivity index (χ2v) is 6.30. The molecule has 0 bridgehead atoms. The highest BCUT2D eigenvalue weighted by molar-refractivity contribution is 7.85. The van der Waals surface area contributed by atoms with Crippen LogP contribution in [0.1, 0.15) is 13.3 Å². The molecule has 1 aromatic heterocycles. The van der Waals surface area contributed by atoms with Crippen molar-refractivity contribution in [3.63, 3.8) is 0 Å². The molecule has 0 saturated carbocycles. The van der Waals surface area contributed by atoms with E-state index in [1.807, 2.05) is 35.2 Å². The van der Waals surface area contributed by atoms with Crippen molar-refractivity contribution >= 4 is 16.1 Å². The Balaban J connectivity index is 0.000000433. The average Bonchev–Trinajstić information content (AvgIpc) is 2.38. The molecule has 1 aromatic rings. The fourth-order valence-electron chi connectivity index (χ4n) is 1.23. The number of nitrogens with zero attached hydrogens (tertiary/aromatic N) is 2. The van der Waals surface area contributed by atoms with E-state index < -0.39 is 16.1 Å². The number of carbonyl (C=O) groups is 1. The van der Waals surface area contributed by atoms with Crippen molar-refractivity contribution in [2.75, 3.05) is 19.8 Å². The lowest BCUT2D eigenvalue weighted by atomic mass is 10.3. The largest absolute Gasteiger partial charge is 0.480 e. The normalized spacial score (nSPS) is 12.4. The Morgan fingerprint density at radius 2 is 1.76 bits per heavy atom. The number of pyridine rings is 1. The Bertz CT molecular complexity index is 517. The van der Waals surface area contributed by atoms with Gasteiger partial charge in [-0.1, -0.05) is 6.07 Å². The van der Waals surface area contributed by atoms with E-state index in [4.69, 9.17) is 9.66 Å². The molecule has 1 heterocycles. The summed E-state index contributed by atoms with van der Waals surface area (Å²) < 4.78 is 31.1. The van der Waals surface area contributed by atoms with Gasteiger partial charge in [0, 0.05) is 18.6 Å². The average molecular weight is 319 g/mol. The van der Waals surface area contributed by atoms with E-state index in [0.717, 1.165) is 0 Å². The summed E-state index contributed by atoms with van der Waals surface area (Å²) in [7, 11) is -0.338. The van der Waals surface area contributed by atoms with Gasteiger partial charge >= 0.3 is 5.97 Å². The monoisotopic (exact) mass is 319 g/mol. The number of aryl methyl sites for hydroxylation is 1. The summed E-state index contributed by atoms with van der Waals surface area (Å²) in [6.07, 6.45) is 4.13. The zero-order valence-electron chi connectivity index (χ0n) is 12.5. The number of aromatic nitrogens is 1. The molecular formula is C13H23N2O5S+. The molecule has 0 aliphatic rings. The fraction of sp³-hybridized carbons (Fsp3) is 0.538. The van der Waals surface area contributed by atoms with Gasteiger partial charge in [-0.05, 0) is 21.0 Å². The van der Waals surface area contributed by atoms with Crippen LogP contribution in [0.15, 0.2) is 30.6 Å². The number of rotatable bonds is 6. The molecule has 0 saturated heterocycles. The highest BCUT2D eigenvalue weighted by Gasteiger charge is 2.11. The summed E-state index contributed by atoms with van der Waals surface area (Å²) in [5.41, 5.74) is 0. The molecule has 0 fully saturated rings. The Labute approximate surface area is 125 Å². The Hall–Kier alpha value is -1.51. The van der Waals surface area contributed by atoms with Gasteiger partial charge in [0.2, 0.25) is 0 Å². The Morgan fingerprint density at radius 1 is 1.24 bits per heavy atom. The van der Waals surface area contributed by atoms with Crippen LogP contribution in [0.4, 0.5) is 0 Å². The van der Waals surface area contributed by atoms with E-state index in [0.29, 0.717) is 13.0 Å². The van der Waals surface area contributed by atoms with Crippen LogP contribution in [0, 0.1) is 0 Å². The van der Waals surface area contributed by atoms with Gasteiger partial charge in [0.05, 0.1) is 5.75 Å². The van der Waals surface area contributed by atoms with Gasteiger partial charge < -0.3 is 5.11 Å². The van der Waals surface area contributed by atoms with Crippen molar-refractivity contribution in [2.24, 2.45) is 0 Å². The smallest absolute Gasteiger partial charge is 0.320 e. The molecule has 21 heavy (non-hydrogen) atoms. The summed E-state index contributed by atoms with van der Waals surface area (Å²) in [6, 6.07) is 5.25. The molecular weight excluding hydrogens is 296 g/mol. The van der Waals surface area contributed by atoms with Crippen LogP contribution < -0.4 is 4.57 Å². The van der Waals surface area contributed by atoms with Gasteiger partial charge in [-0.15, -0.1) is 0 Å². The minimum absolute atomic E-state index is 0.186. The van der Waals surface area contributed by atoms with Gasteiger partial charge in [-0.3, -0.25) is 14.2 Å². The maximum Gasteiger partial charge on any atom is 0.320 e. The van der Waals surface area contributed by atoms with Crippen LogP contribution in [0.2, 0.25) is 0 Å². The second-order valence-electron chi connectivity index (χ2n) is 4.73. The molecule has 0 aliphatic heterocycles. The maximum atomic E-state index is 10.4. The first-order chi connectivity index (χ1) is 9.63. The highest BCUT2D eigenvalue weighted by Crippen LogP contribution is 1.89. The zero-order valence-corrected chi connectivity index (χ0v) is 13.3. The number of likely N-dealkylation sites (N-methyl/N-ethyl adjacent to an activating group) is 1. The van der Waals surface area contributed by atoms with Crippen molar-refractivity contribution in [3.8, 4) is 0 Å². The number of hydrogen-bond donors (Lipinski definition) is 2. The third kappa shape index (κ3) is 10.9. The van der Waals surface area contributed by atoms with Gasteiger partial charge in [0.1, 0.15) is 12.6 Å². The molecule has 8 heteroatoms. The summed E-state index contributed by atoms with van der Waals surface area (Å²) in [5.74, 6) is -0.968. The molecule has 0 spiro atoms. The van der Waals surface area contributed by atoms with Gasteiger partial charge in [0.15, 0.2) is 12.4 Å². The lowest BCUT2D eigenvalue weighted by molar-refractivity contribution is -0.696. The molecule has 0 radical (unpaired) electrons. The van der Waals surface area contributed by atoms with Crippen LogP contribution in [-0.2, 0) is 21.5 Å². The van der Waals surface area contributed by atoms with E-state index in [2.05, 4.69) is 0 Å². The number of hydrogen-bond acceptors (Lipinski definition) is 4. The molecule has 2 N–H and O–H groups in total. The van der Waals surface area contributed by atoms with Crippen LogP contribution in [0.25, 0.3) is 0 Å². The number of carboxylic acid groups (broad SMARTS) is 1. The summed E-state index contributed by atoms with van der Waals surface area (Å²) in [5, 5.41) is 8.31. The SMILES string of the molecule is CC(C(=O)O)N(C)C.O=S(=O)(O)CCC[n+]1ccccc1. The topological polar surface area (TPSA) is 98.8 Å². The molecule has 120 valence electrons. The van der Waals surface area contributed by atoms with Crippen molar-refractivity contribution in [1.29, 1.82) is 0 Å². The zero-order chi connectivity index (χ0) is 16.5. The second kappa shape index (κ2) is 9.43. The van der Waals surface area contributed by atoms with Crippen LogP contribution in [-0.4, -0.2) is 54.8 Å². The quantitative estimate of drug-likeness (QED) is 0.577. The first-order valence-electron chi connectivity index (χ1n) is 6.42. The van der Waals surface area contributed by atoms with Crippen LogP contribution in [0.5, 0.6) is 0 Å². The van der Waals surface area contributed by atoms with Gasteiger partial charge in [0.25, 0.3) is 10.1 Å². The highest BCUT2D eigenvalue weighted by atomic mass is 32.2. The lowest BCUT2D eigenvalue weighted by Crippen LogP contribution is -2.33. The third-order valence-corrected chi connectivity index (χ3v) is 3.53. The Kier molecular flexibility index (Phi) is 8.75. The van der Waals surface area contributed by atoms with E-state index >= 15 is 0 Å². The molecule has 1 rings (SSSR count). The molecule has 0 amide bonds. The summed E-state index contributed by atoms with van der Waals surface area (Å²) in [4.78, 5) is 11.7. The van der Waals surface area contributed by atoms with Crippen molar-refractivity contribution < 1.29 is 27.4 Å². The number of carboxylic acids is 1. The lowest BCUT2D eigenvalue weighted by Gasteiger charge is -2.13. The summed E-state index contributed by atoms with van der Waals surface area (Å²) >= 11 is 0. The van der Waals surface area contributed by atoms with Crippen molar-refractivity contribution in [3.05, 3.63) is 30.6 Å². The minimum atomic E-state index is -3.81. The van der Waals surface area contributed by atoms with E-state index in [1.165, 1.54) is 0 Å². The van der Waals surface area contributed by atoms with E-state index in [-0.39, 0.29) is 11.8 Å². The molecule has 1 atom stereocenters. The standard InChI is InChI=1S/C8H11NO3S.C5H11NO2/c10-13(11,12)8-4-7-9-5-2-1-3-6-9;1-4(5(7)8)6(2)3/h1-3,5-6H,4,7-8H2;4H,1-3H3,(H,7,8)/p+1. The Morgan fingerprint density at radius 3 is 2.10 bits per heavy atom. The van der Waals surface area contributed by atoms with E-state index in [9.17, 15) is 13.2 Å². The van der Waals surface area contributed by atoms with Crippen LogP contribution in [0.3, 0.4) is 0 Å². The minimum Gasteiger partial charge on any atom is -0.480 e. The first kappa shape index (κ1) is 19.5. The van der Waals surface area contributed by atoms with Gasteiger partial charge in [-0.25, -0.2) is 4.57 Å². The van der Waals surface area contributed by atoms with Crippen molar-refractivity contribution in [2.45, 2.75) is 25.9 Å².